The van der Waals surface area contributed by atoms with Crippen molar-refractivity contribution in [3.8, 4) is 0 Å². The molecule has 0 radical (unpaired) electrons. The monoisotopic (exact) mass is 328 g/mol. The number of nitrogens with zero attached hydrogens (tertiary/aromatic N) is 1. The highest BCUT2D eigenvalue weighted by Gasteiger charge is 2.29. The summed E-state index contributed by atoms with van der Waals surface area (Å²) in [6.45, 7) is 5.01. The minimum atomic E-state index is 0.684. The number of thiophene rings is 1. The van der Waals surface area contributed by atoms with E-state index in [4.69, 9.17) is 0 Å². The van der Waals surface area contributed by atoms with Crippen LogP contribution in [-0.4, -0.2) is 31.1 Å². The molecule has 2 unspecified atom stereocenters. The van der Waals surface area contributed by atoms with Crippen molar-refractivity contribution in [1.82, 2.24) is 10.2 Å². The van der Waals surface area contributed by atoms with Gasteiger partial charge in [-0.2, -0.15) is 0 Å². The molecule has 2 aliphatic heterocycles. The van der Waals surface area contributed by atoms with Gasteiger partial charge in [-0.25, -0.2) is 0 Å². The van der Waals surface area contributed by atoms with Gasteiger partial charge in [0.15, 0.2) is 0 Å². The average molecular weight is 329 g/mol. The normalized spacial score (nSPS) is 29.8. The van der Waals surface area contributed by atoms with E-state index in [-0.39, 0.29) is 0 Å². The summed E-state index contributed by atoms with van der Waals surface area (Å²) in [7, 11) is 0. The first-order chi connectivity index (χ1) is 8.83. The van der Waals surface area contributed by atoms with E-state index < -0.39 is 0 Å². The van der Waals surface area contributed by atoms with Crippen molar-refractivity contribution in [2.75, 3.05) is 26.2 Å². The van der Waals surface area contributed by atoms with Crippen LogP contribution >= 0.6 is 27.3 Å². The van der Waals surface area contributed by atoms with Gasteiger partial charge in [0.2, 0.25) is 0 Å². The molecule has 1 aromatic heterocycles. The van der Waals surface area contributed by atoms with E-state index in [9.17, 15) is 0 Å². The third-order valence-electron chi connectivity index (χ3n) is 4.18. The fourth-order valence-electron chi connectivity index (χ4n) is 3.29. The van der Waals surface area contributed by atoms with Crippen LogP contribution in [0, 0.1) is 5.92 Å². The van der Waals surface area contributed by atoms with Crippen LogP contribution in [0.2, 0.25) is 0 Å². The van der Waals surface area contributed by atoms with E-state index in [0.717, 1.165) is 5.92 Å². The zero-order valence-electron chi connectivity index (χ0n) is 10.7. The zero-order chi connectivity index (χ0) is 12.4. The van der Waals surface area contributed by atoms with E-state index in [1.54, 1.807) is 4.88 Å². The molecule has 2 aliphatic rings. The van der Waals surface area contributed by atoms with Gasteiger partial charge in [-0.15, -0.1) is 11.3 Å². The number of nitrogens with one attached hydrogen (secondary N) is 1. The van der Waals surface area contributed by atoms with Gasteiger partial charge in [0.25, 0.3) is 0 Å². The Morgan fingerprint density at radius 3 is 3.00 bits per heavy atom. The van der Waals surface area contributed by atoms with Crippen LogP contribution in [0.5, 0.6) is 0 Å². The predicted molar refractivity (Wildman–Crippen MR) is 81.2 cm³/mol. The van der Waals surface area contributed by atoms with Gasteiger partial charge >= 0.3 is 0 Å². The number of halogens is 1. The SMILES string of the molecule is Brc1ccc(C2CCCN2CC2CCCNC2)s1. The van der Waals surface area contributed by atoms with Gasteiger partial charge in [-0.1, -0.05) is 0 Å². The van der Waals surface area contributed by atoms with Crippen molar-refractivity contribution in [2.24, 2.45) is 5.92 Å². The molecule has 4 heteroatoms. The Morgan fingerprint density at radius 1 is 1.33 bits per heavy atom. The highest BCUT2D eigenvalue weighted by atomic mass is 79.9. The molecule has 1 aromatic rings. The lowest BCUT2D eigenvalue weighted by molar-refractivity contribution is 0.197. The number of rotatable bonds is 3. The van der Waals surface area contributed by atoms with E-state index in [0.29, 0.717) is 6.04 Å². The summed E-state index contributed by atoms with van der Waals surface area (Å²) in [6, 6.07) is 5.18. The summed E-state index contributed by atoms with van der Waals surface area (Å²) >= 11 is 5.50. The molecule has 18 heavy (non-hydrogen) atoms. The molecule has 0 aromatic carbocycles. The van der Waals surface area contributed by atoms with Crippen molar-refractivity contribution in [2.45, 2.75) is 31.7 Å². The van der Waals surface area contributed by atoms with Crippen molar-refractivity contribution >= 4 is 27.3 Å². The molecule has 0 spiro atoms. The summed E-state index contributed by atoms with van der Waals surface area (Å²) in [5.41, 5.74) is 0. The second-order valence-electron chi connectivity index (χ2n) is 5.51. The molecular formula is C14H21BrN2S. The number of hydrogen-bond donors (Lipinski definition) is 1. The van der Waals surface area contributed by atoms with Gasteiger partial charge < -0.3 is 5.32 Å². The Kier molecular flexibility index (Phi) is 4.39. The second-order valence-corrected chi connectivity index (χ2v) is 8.00. The topological polar surface area (TPSA) is 15.3 Å². The Bertz CT molecular complexity index is 387. The van der Waals surface area contributed by atoms with Crippen molar-refractivity contribution in [1.29, 1.82) is 0 Å². The minimum absolute atomic E-state index is 0.684. The molecule has 3 heterocycles. The lowest BCUT2D eigenvalue weighted by Gasteiger charge is -2.30. The molecule has 2 saturated heterocycles. The number of piperidine rings is 1. The summed E-state index contributed by atoms with van der Waals surface area (Å²) in [5, 5.41) is 3.54. The summed E-state index contributed by atoms with van der Waals surface area (Å²) < 4.78 is 1.27. The molecule has 0 saturated carbocycles. The van der Waals surface area contributed by atoms with Gasteiger partial charge in [0.1, 0.15) is 0 Å². The molecule has 0 aliphatic carbocycles. The molecular weight excluding hydrogens is 308 g/mol. The van der Waals surface area contributed by atoms with Crippen LogP contribution < -0.4 is 5.32 Å². The molecule has 2 atom stereocenters. The van der Waals surface area contributed by atoms with E-state index in [1.807, 2.05) is 11.3 Å². The van der Waals surface area contributed by atoms with Crippen LogP contribution in [0.3, 0.4) is 0 Å². The Morgan fingerprint density at radius 2 is 2.28 bits per heavy atom. The van der Waals surface area contributed by atoms with Crippen molar-refractivity contribution in [3.05, 3.63) is 20.8 Å². The Labute approximate surface area is 122 Å². The predicted octanol–water partition coefficient (Wildman–Crippen LogP) is 3.65. The Balaban J connectivity index is 1.63. The highest BCUT2D eigenvalue weighted by Crippen LogP contribution is 2.37. The van der Waals surface area contributed by atoms with Crippen LogP contribution in [-0.2, 0) is 0 Å². The van der Waals surface area contributed by atoms with Crippen LogP contribution in [0.4, 0.5) is 0 Å². The molecule has 3 rings (SSSR count). The lowest BCUT2D eigenvalue weighted by atomic mass is 9.98. The smallest absolute Gasteiger partial charge is 0.0701 e. The molecule has 0 amide bonds. The highest BCUT2D eigenvalue weighted by molar-refractivity contribution is 9.11. The molecule has 100 valence electrons. The maximum absolute atomic E-state index is 3.59. The molecule has 1 N–H and O–H groups in total. The number of likely N-dealkylation sites (tertiary alicyclic amines) is 1. The summed E-state index contributed by atoms with van der Waals surface area (Å²) in [5.74, 6) is 0.864. The van der Waals surface area contributed by atoms with Gasteiger partial charge in [0, 0.05) is 17.5 Å². The third kappa shape index (κ3) is 2.98. The maximum Gasteiger partial charge on any atom is 0.0701 e. The summed E-state index contributed by atoms with van der Waals surface area (Å²) in [4.78, 5) is 4.26. The fraction of sp³-hybridized carbons (Fsp3) is 0.714. The van der Waals surface area contributed by atoms with Gasteiger partial charge in [0.05, 0.1) is 3.79 Å². The van der Waals surface area contributed by atoms with Gasteiger partial charge in [-0.05, 0) is 79.3 Å². The molecule has 2 nitrogen and oxygen atoms in total. The standard InChI is InChI=1S/C14H21BrN2S/c15-14-6-5-13(18-14)12-4-2-8-17(12)10-11-3-1-7-16-9-11/h5-6,11-12,16H,1-4,7-10H2. The lowest BCUT2D eigenvalue weighted by Crippen LogP contribution is -2.38. The molecule has 2 fully saturated rings. The van der Waals surface area contributed by atoms with E-state index in [1.165, 1.54) is 55.6 Å². The van der Waals surface area contributed by atoms with Crippen LogP contribution in [0.25, 0.3) is 0 Å². The van der Waals surface area contributed by atoms with E-state index >= 15 is 0 Å². The quantitative estimate of drug-likeness (QED) is 0.911. The minimum Gasteiger partial charge on any atom is -0.316 e. The first-order valence-electron chi connectivity index (χ1n) is 7.03. The van der Waals surface area contributed by atoms with E-state index in [2.05, 4.69) is 38.3 Å². The van der Waals surface area contributed by atoms with Crippen LogP contribution in [0.15, 0.2) is 15.9 Å². The van der Waals surface area contributed by atoms with Crippen molar-refractivity contribution < 1.29 is 0 Å². The van der Waals surface area contributed by atoms with Gasteiger partial charge in [-0.3, -0.25) is 4.90 Å². The second kappa shape index (κ2) is 6.04. The fourth-order valence-corrected chi connectivity index (χ4v) is 4.88. The first-order valence-corrected chi connectivity index (χ1v) is 8.64. The third-order valence-corrected chi connectivity index (χ3v) is 5.90. The summed E-state index contributed by atoms with van der Waals surface area (Å²) in [6.07, 6.45) is 5.46. The zero-order valence-corrected chi connectivity index (χ0v) is 13.1. The first kappa shape index (κ1) is 13.1. The van der Waals surface area contributed by atoms with Crippen LogP contribution in [0.1, 0.15) is 36.6 Å². The maximum atomic E-state index is 3.59. The number of hydrogen-bond acceptors (Lipinski definition) is 3. The Hall–Kier alpha value is 0.1000. The largest absolute Gasteiger partial charge is 0.316 e. The molecule has 0 bridgehead atoms. The average Bonchev–Trinajstić information content (AvgIpc) is 2.99. The van der Waals surface area contributed by atoms with Crippen molar-refractivity contribution in [3.63, 3.8) is 0 Å².